The van der Waals surface area contributed by atoms with E-state index in [1.165, 1.54) is 31.0 Å². The van der Waals surface area contributed by atoms with Crippen LogP contribution in [0.1, 0.15) is 44.9 Å². The van der Waals surface area contributed by atoms with Crippen LogP contribution in [0.15, 0.2) is 29.2 Å². The molecule has 0 unspecified atom stereocenters. The Bertz CT molecular complexity index is 746. The first-order chi connectivity index (χ1) is 12.9. The van der Waals surface area contributed by atoms with Crippen LogP contribution < -0.4 is 10.0 Å². The molecule has 0 bridgehead atoms. The number of halogens is 1. The third-order valence-corrected chi connectivity index (χ3v) is 6.01. The van der Waals surface area contributed by atoms with E-state index < -0.39 is 16.0 Å². The number of amides is 1. The van der Waals surface area contributed by atoms with Gasteiger partial charge in [-0.25, -0.2) is 13.1 Å². The average Bonchev–Trinajstić information content (AvgIpc) is 2.88. The molecule has 0 heterocycles. The molecule has 1 aliphatic carbocycles. The van der Waals surface area contributed by atoms with E-state index >= 15 is 0 Å². The molecule has 0 radical (unpaired) electrons. The SMILES string of the molecule is O=C(COC(=O)CCNS(=O)(=O)c1cccc(Cl)c1)NC1CCCCCC1. The van der Waals surface area contributed by atoms with Gasteiger partial charge in [-0.3, -0.25) is 9.59 Å². The molecule has 1 aromatic rings. The van der Waals surface area contributed by atoms with Crippen molar-refractivity contribution in [2.24, 2.45) is 0 Å². The fourth-order valence-corrected chi connectivity index (χ4v) is 4.25. The number of rotatable bonds is 8. The Balaban J connectivity index is 1.67. The molecule has 2 rings (SSSR count). The molecule has 0 aliphatic heterocycles. The van der Waals surface area contributed by atoms with E-state index in [2.05, 4.69) is 10.0 Å². The molecule has 1 fully saturated rings. The van der Waals surface area contributed by atoms with Crippen molar-refractivity contribution in [2.45, 2.75) is 55.9 Å². The highest BCUT2D eigenvalue weighted by atomic mass is 35.5. The second kappa shape index (κ2) is 10.6. The van der Waals surface area contributed by atoms with E-state index in [4.69, 9.17) is 16.3 Å². The van der Waals surface area contributed by atoms with Gasteiger partial charge in [0, 0.05) is 17.6 Å². The Hall–Kier alpha value is -1.64. The summed E-state index contributed by atoms with van der Waals surface area (Å²) < 4.78 is 31.4. The summed E-state index contributed by atoms with van der Waals surface area (Å²) in [4.78, 5) is 23.6. The summed E-state index contributed by atoms with van der Waals surface area (Å²) in [5.41, 5.74) is 0. The average molecular weight is 417 g/mol. The fourth-order valence-electron chi connectivity index (χ4n) is 2.92. The van der Waals surface area contributed by atoms with Gasteiger partial charge in [0.05, 0.1) is 11.3 Å². The standard InChI is InChI=1S/C18H25ClN2O5S/c19-14-6-5-9-16(12-14)27(24,25)20-11-10-18(23)26-13-17(22)21-15-7-3-1-2-4-8-15/h5-6,9,12,15,20H,1-4,7-8,10-11,13H2,(H,21,22). The second-order valence-electron chi connectivity index (χ2n) is 6.52. The summed E-state index contributed by atoms with van der Waals surface area (Å²) >= 11 is 5.78. The van der Waals surface area contributed by atoms with Gasteiger partial charge >= 0.3 is 5.97 Å². The topological polar surface area (TPSA) is 102 Å². The first-order valence-electron chi connectivity index (χ1n) is 9.07. The van der Waals surface area contributed by atoms with E-state index in [1.54, 1.807) is 6.07 Å². The molecule has 0 saturated heterocycles. The van der Waals surface area contributed by atoms with E-state index in [0.29, 0.717) is 5.02 Å². The Morgan fingerprint density at radius 3 is 2.52 bits per heavy atom. The third-order valence-electron chi connectivity index (χ3n) is 4.31. The van der Waals surface area contributed by atoms with Crippen LogP contribution in [0.2, 0.25) is 5.02 Å². The van der Waals surface area contributed by atoms with Gasteiger partial charge in [0.2, 0.25) is 10.0 Å². The van der Waals surface area contributed by atoms with E-state index in [-0.39, 0.29) is 36.4 Å². The number of esters is 1. The number of nitrogens with one attached hydrogen (secondary N) is 2. The number of carbonyl (C=O) groups is 2. The molecule has 0 aromatic heterocycles. The highest BCUT2D eigenvalue weighted by molar-refractivity contribution is 7.89. The highest BCUT2D eigenvalue weighted by Gasteiger charge is 2.17. The van der Waals surface area contributed by atoms with Crippen LogP contribution in [-0.4, -0.2) is 39.5 Å². The molecule has 27 heavy (non-hydrogen) atoms. The Kier molecular flexibility index (Phi) is 8.53. The number of hydrogen-bond acceptors (Lipinski definition) is 5. The molecule has 1 aliphatic rings. The van der Waals surface area contributed by atoms with Gasteiger partial charge in [-0.15, -0.1) is 0 Å². The molecule has 1 amide bonds. The zero-order chi connectivity index (χ0) is 19.7. The van der Waals surface area contributed by atoms with Crippen molar-refractivity contribution in [3.8, 4) is 0 Å². The number of sulfonamides is 1. The lowest BCUT2D eigenvalue weighted by molar-refractivity contribution is -0.148. The van der Waals surface area contributed by atoms with Crippen molar-refractivity contribution in [1.29, 1.82) is 0 Å². The lowest BCUT2D eigenvalue weighted by Crippen LogP contribution is -2.37. The van der Waals surface area contributed by atoms with Gasteiger partial charge in [0.1, 0.15) is 0 Å². The Labute approximate surface area is 164 Å². The molecule has 2 N–H and O–H groups in total. The van der Waals surface area contributed by atoms with Crippen molar-refractivity contribution >= 4 is 33.5 Å². The molecule has 1 saturated carbocycles. The fraction of sp³-hybridized carbons (Fsp3) is 0.556. The predicted molar refractivity (Wildman–Crippen MR) is 102 cm³/mol. The van der Waals surface area contributed by atoms with Crippen LogP contribution in [0.25, 0.3) is 0 Å². The lowest BCUT2D eigenvalue weighted by atomic mass is 10.1. The maximum absolute atomic E-state index is 12.1. The third kappa shape index (κ3) is 7.86. The van der Waals surface area contributed by atoms with Crippen molar-refractivity contribution < 1.29 is 22.7 Å². The summed E-state index contributed by atoms with van der Waals surface area (Å²) in [5.74, 6) is -0.963. The van der Waals surface area contributed by atoms with Gasteiger partial charge < -0.3 is 10.1 Å². The monoisotopic (exact) mass is 416 g/mol. The number of ether oxygens (including phenoxy) is 1. The summed E-state index contributed by atoms with van der Waals surface area (Å²) in [5, 5.41) is 3.18. The predicted octanol–water partition coefficient (Wildman–Crippen LogP) is 2.39. The van der Waals surface area contributed by atoms with Crippen molar-refractivity contribution in [3.05, 3.63) is 29.3 Å². The van der Waals surface area contributed by atoms with Crippen LogP contribution >= 0.6 is 11.6 Å². The van der Waals surface area contributed by atoms with Crippen molar-refractivity contribution in [2.75, 3.05) is 13.2 Å². The maximum Gasteiger partial charge on any atom is 0.307 e. The van der Waals surface area contributed by atoms with Crippen molar-refractivity contribution in [3.63, 3.8) is 0 Å². The van der Waals surface area contributed by atoms with Gasteiger partial charge in [-0.2, -0.15) is 0 Å². The minimum Gasteiger partial charge on any atom is -0.456 e. The number of hydrogen-bond donors (Lipinski definition) is 2. The van der Waals surface area contributed by atoms with Gasteiger partial charge in [0.25, 0.3) is 5.91 Å². The highest BCUT2D eigenvalue weighted by Crippen LogP contribution is 2.17. The summed E-state index contributed by atoms with van der Waals surface area (Å²) in [6.07, 6.45) is 6.29. The van der Waals surface area contributed by atoms with Gasteiger partial charge in [-0.1, -0.05) is 43.4 Å². The van der Waals surface area contributed by atoms with Crippen molar-refractivity contribution in [1.82, 2.24) is 10.0 Å². The molecule has 7 nitrogen and oxygen atoms in total. The van der Waals surface area contributed by atoms with Gasteiger partial charge in [-0.05, 0) is 31.0 Å². The lowest BCUT2D eigenvalue weighted by Gasteiger charge is -2.16. The zero-order valence-electron chi connectivity index (χ0n) is 15.1. The van der Waals surface area contributed by atoms with E-state index in [9.17, 15) is 18.0 Å². The molecule has 9 heteroatoms. The summed E-state index contributed by atoms with van der Waals surface area (Å²) in [7, 11) is -3.75. The molecule has 150 valence electrons. The Morgan fingerprint density at radius 2 is 1.85 bits per heavy atom. The maximum atomic E-state index is 12.1. The molecular formula is C18H25ClN2O5S. The molecular weight excluding hydrogens is 392 g/mol. The molecule has 0 atom stereocenters. The van der Waals surface area contributed by atoms with Crippen LogP contribution in [-0.2, 0) is 24.3 Å². The Morgan fingerprint density at radius 1 is 1.15 bits per heavy atom. The minimum absolute atomic E-state index is 0.0196. The number of benzene rings is 1. The van der Waals surface area contributed by atoms with Crippen LogP contribution in [0.4, 0.5) is 0 Å². The molecule has 0 spiro atoms. The largest absolute Gasteiger partial charge is 0.456 e. The van der Waals surface area contributed by atoms with Crippen LogP contribution in [0.3, 0.4) is 0 Å². The van der Waals surface area contributed by atoms with E-state index in [0.717, 1.165) is 25.7 Å². The smallest absolute Gasteiger partial charge is 0.307 e. The zero-order valence-corrected chi connectivity index (χ0v) is 16.7. The quantitative estimate of drug-likeness (QED) is 0.500. The first-order valence-corrected chi connectivity index (χ1v) is 10.9. The summed E-state index contributed by atoms with van der Waals surface area (Å²) in [6, 6.07) is 5.96. The minimum atomic E-state index is -3.75. The normalized spacial score (nSPS) is 15.7. The van der Waals surface area contributed by atoms with Crippen LogP contribution in [0, 0.1) is 0 Å². The van der Waals surface area contributed by atoms with Crippen LogP contribution in [0.5, 0.6) is 0 Å². The molecule has 1 aromatic carbocycles. The second-order valence-corrected chi connectivity index (χ2v) is 8.73. The van der Waals surface area contributed by atoms with Gasteiger partial charge in [0.15, 0.2) is 6.61 Å². The summed E-state index contributed by atoms with van der Waals surface area (Å²) in [6.45, 7) is -0.478. The first kappa shape index (κ1) is 21.7. The van der Waals surface area contributed by atoms with E-state index in [1.807, 2.05) is 0 Å². The number of carbonyl (C=O) groups excluding carboxylic acids is 2.